The summed E-state index contributed by atoms with van der Waals surface area (Å²) in [5.74, 6) is -0.240. The van der Waals surface area contributed by atoms with Crippen LogP contribution in [0.25, 0.3) is 11.0 Å². The summed E-state index contributed by atoms with van der Waals surface area (Å²) in [6, 6.07) is 7.28. The summed E-state index contributed by atoms with van der Waals surface area (Å²) < 4.78 is 2.62. The number of rotatable bonds is 5. The Bertz CT molecular complexity index is 859. The highest BCUT2D eigenvalue weighted by molar-refractivity contribution is 5.80. The first-order valence-corrected chi connectivity index (χ1v) is 7.24. The summed E-state index contributed by atoms with van der Waals surface area (Å²) in [5, 5.41) is 2.83. The van der Waals surface area contributed by atoms with Crippen molar-refractivity contribution in [2.24, 2.45) is 0 Å². The smallest absolute Gasteiger partial charge is 0.317 e. The highest BCUT2D eigenvalue weighted by Gasteiger charge is 2.24. The molecule has 0 aliphatic heterocycles. The minimum absolute atomic E-state index is 0.139. The highest BCUT2D eigenvalue weighted by Crippen LogP contribution is 2.18. The van der Waals surface area contributed by atoms with Crippen molar-refractivity contribution in [1.29, 1.82) is 0 Å². The van der Waals surface area contributed by atoms with E-state index in [0.29, 0.717) is 11.0 Å². The van der Waals surface area contributed by atoms with Crippen molar-refractivity contribution < 1.29 is 4.79 Å². The normalized spacial score (nSPS) is 14.0. The predicted molar refractivity (Wildman–Crippen MR) is 83.8 cm³/mol. The van der Waals surface area contributed by atoms with Crippen LogP contribution in [0.3, 0.4) is 0 Å². The molecule has 2 aromatic rings. The Balaban J connectivity index is 2.12. The maximum Gasteiger partial charge on any atom is 0.317 e. The lowest BCUT2D eigenvalue weighted by Crippen LogP contribution is -2.44. The number of allylic oxidation sites excluding steroid dienone is 1. The van der Waals surface area contributed by atoms with Crippen LogP contribution in [-0.2, 0) is 17.9 Å². The minimum Gasteiger partial charge on any atom is -0.352 e. The second-order valence-electron chi connectivity index (χ2n) is 5.43. The fourth-order valence-electron chi connectivity index (χ4n) is 2.48. The molecule has 1 aliphatic rings. The van der Waals surface area contributed by atoms with Crippen LogP contribution in [0, 0.1) is 0 Å². The molecule has 1 aromatic carbocycles. The van der Waals surface area contributed by atoms with Crippen molar-refractivity contribution in [3.8, 4) is 0 Å². The molecule has 0 spiro atoms. The van der Waals surface area contributed by atoms with Crippen LogP contribution in [0.4, 0.5) is 0 Å². The zero-order chi connectivity index (χ0) is 15.7. The SMILES string of the molecule is C=CCn1c(=O)c(=O)n(CC(=O)NC2CC2)c2ccccc21. The quantitative estimate of drug-likeness (QED) is 0.650. The van der Waals surface area contributed by atoms with Crippen LogP contribution in [-0.4, -0.2) is 21.1 Å². The molecule has 1 aromatic heterocycles. The molecule has 0 unspecified atom stereocenters. The van der Waals surface area contributed by atoms with Gasteiger partial charge in [-0.1, -0.05) is 18.2 Å². The zero-order valence-electron chi connectivity index (χ0n) is 12.1. The third-order valence-electron chi connectivity index (χ3n) is 3.69. The van der Waals surface area contributed by atoms with Crippen molar-refractivity contribution in [1.82, 2.24) is 14.5 Å². The number of hydrogen-bond donors (Lipinski definition) is 1. The number of para-hydroxylation sites is 2. The van der Waals surface area contributed by atoms with E-state index in [1.54, 1.807) is 30.3 Å². The van der Waals surface area contributed by atoms with Crippen molar-refractivity contribution in [2.75, 3.05) is 0 Å². The Morgan fingerprint density at radius 1 is 1.18 bits per heavy atom. The molecule has 0 bridgehead atoms. The Kier molecular flexibility index (Phi) is 3.66. The second kappa shape index (κ2) is 5.63. The lowest BCUT2D eigenvalue weighted by Gasteiger charge is -2.13. The molecule has 22 heavy (non-hydrogen) atoms. The average Bonchev–Trinajstić information content (AvgIpc) is 3.32. The molecule has 6 heteroatoms. The van der Waals surface area contributed by atoms with Gasteiger partial charge in [0.05, 0.1) is 11.0 Å². The number of nitrogens with one attached hydrogen (secondary N) is 1. The molecule has 114 valence electrons. The minimum atomic E-state index is -0.688. The van der Waals surface area contributed by atoms with E-state index in [0.717, 1.165) is 12.8 Å². The van der Waals surface area contributed by atoms with Gasteiger partial charge >= 0.3 is 11.1 Å². The molecule has 1 fully saturated rings. The summed E-state index contributed by atoms with van der Waals surface area (Å²) >= 11 is 0. The van der Waals surface area contributed by atoms with Gasteiger partial charge in [-0.25, -0.2) is 0 Å². The van der Waals surface area contributed by atoms with Crippen molar-refractivity contribution in [2.45, 2.75) is 32.0 Å². The second-order valence-corrected chi connectivity index (χ2v) is 5.43. The van der Waals surface area contributed by atoms with E-state index < -0.39 is 11.1 Å². The van der Waals surface area contributed by atoms with Crippen LogP contribution in [0.5, 0.6) is 0 Å². The van der Waals surface area contributed by atoms with Gasteiger partial charge in [-0.05, 0) is 25.0 Å². The fraction of sp³-hybridized carbons (Fsp3) is 0.312. The number of nitrogens with zero attached hydrogens (tertiary/aromatic N) is 2. The largest absolute Gasteiger partial charge is 0.352 e. The molecular formula is C16H17N3O3. The van der Waals surface area contributed by atoms with E-state index in [9.17, 15) is 14.4 Å². The standard InChI is InChI=1S/C16H17N3O3/c1-2-9-18-12-5-3-4-6-13(12)19(16(22)15(18)21)10-14(20)17-11-7-8-11/h2-6,11H,1,7-10H2,(H,17,20). The number of carbonyl (C=O) groups excluding carboxylic acids is 1. The molecule has 1 aliphatic carbocycles. The van der Waals surface area contributed by atoms with Gasteiger partial charge in [0.25, 0.3) is 0 Å². The Labute approximate surface area is 126 Å². The van der Waals surface area contributed by atoms with E-state index in [2.05, 4.69) is 11.9 Å². The van der Waals surface area contributed by atoms with Crippen molar-refractivity contribution >= 4 is 16.9 Å². The van der Waals surface area contributed by atoms with Gasteiger partial charge in [0.2, 0.25) is 5.91 Å². The number of fused-ring (bicyclic) bond motifs is 1. The van der Waals surface area contributed by atoms with Gasteiger partial charge in [0, 0.05) is 12.6 Å². The molecule has 6 nitrogen and oxygen atoms in total. The Hall–Kier alpha value is -2.63. The summed E-state index contributed by atoms with van der Waals surface area (Å²) in [4.78, 5) is 36.6. The molecule has 1 amide bonds. The fourth-order valence-corrected chi connectivity index (χ4v) is 2.48. The van der Waals surface area contributed by atoms with Crippen LogP contribution in [0.2, 0.25) is 0 Å². The van der Waals surface area contributed by atoms with E-state index in [1.807, 2.05) is 0 Å². The van der Waals surface area contributed by atoms with Gasteiger partial charge in [-0.15, -0.1) is 6.58 Å². The topological polar surface area (TPSA) is 73.1 Å². The van der Waals surface area contributed by atoms with Gasteiger partial charge in [0.1, 0.15) is 6.54 Å². The highest BCUT2D eigenvalue weighted by atomic mass is 16.2. The molecule has 1 N–H and O–H groups in total. The third kappa shape index (κ3) is 2.59. The maximum absolute atomic E-state index is 12.3. The maximum atomic E-state index is 12.3. The first-order chi connectivity index (χ1) is 10.6. The summed E-state index contributed by atoms with van der Waals surface area (Å²) in [5.41, 5.74) is -0.143. The van der Waals surface area contributed by atoms with Gasteiger partial charge < -0.3 is 5.32 Å². The first-order valence-electron chi connectivity index (χ1n) is 7.24. The average molecular weight is 299 g/mol. The lowest BCUT2D eigenvalue weighted by molar-refractivity contribution is -0.121. The van der Waals surface area contributed by atoms with E-state index in [1.165, 1.54) is 9.13 Å². The van der Waals surface area contributed by atoms with Gasteiger partial charge in [0.15, 0.2) is 0 Å². The molecule has 0 saturated heterocycles. The van der Waals surface area contributed by atoms with E-state index in [-0.39, 0.29) is 25.0 Å². The molecule has 0 atom stereocenters. The van der Waals surface area contributed by atoms with Crippen LogP contribution >= 0.6 is 0 Å². The number of carbonyl (C=O) groups is 1. The van der Waals surface area contributed by atoms with Crippen molar-refractivity contribution in [3.05, 3.63) is 57.6 Å². The molecule has 1 heterocycles. The number of aromatic nitrogens is 2. The Morgan fingerprint density at radius 2 is 1.77 bits per heavy atom. The van der Waals surface area contributed by atoms with Gasteiger partial charge in [-0.2, -0.15) is 0 Å². The van der Waals surface area contributed by atoms with Crippen LogP contribution in [0.15, 0.2) is 46.5 Å². The van der Waals surface area contributed by atoms with Crippen LogP contribution in [0.1, 0.15) is 12.8 Å². The Morgan fingerprint density at radius 3 is 2.36 bits per heavy atom. The van der Waals surface area contributed by atoms with E-state index >= 15 is 0 Å². The lowest BCUT2D eigenvalue weighted by atomic mass is 10.2. The summed E-state index contributed by atoms with van der Waals surface area (Å²) in [6.45, 7) is 3.73. The predicted octanol–water partition coefficient (Wildman–Crippen LogP) is 0.628. The first kappa shape index (κ1) is 14.3. The molecular weight excluding hydrogens is 282 g/mol. The van der Waals surface area contributed by atoms with Crippen LogP contribution < -0.4 is 16.4 Å². The molecule has 3 rings (SSSR count). The molecule has 1 saturated carbocycles. The monoisotopic (exact) mass is 299 g/mol. The van der Waals surface area contributed by atoms with Gasteiger partial charge in [-0.3, -0.25) is 23.5 Å². The van der Waals surface area contributed by atoms with Crippen molar-refractivity contribution in [3.63, 3.8) is 0 Å². The third-order valence-corrected chi connectivity index (χ3v) is 3.69. The summed E-state index contributed by atoms with van der Waals surface area (Å²) in [7, 11) is 0. The van der Waals surface area contributed by atoms with E-state index in [4.69, 9.17) is 0 Å². The number of amides is 1. The summed E-state index contributed by atoms with van der Waals surface area (Å²) in [6.07, 6.45) is 3.52. The zero-order valence-corrected chi connectivity index (χ0v) is 12.1. The molecule has 0 radical (unpaired) electrons. The number of hydrogen-bond acceptors (Lipinski definition) is 3. The number of benzene rings is 1.